The molecule has 7 heteroatoms. The first-order valence-electron chi connectivity index (χ1n) is 10.0. The highest BCUT2D eigenvalue weighted by atomic mass is 32.1. The zero-order valence-corrected chi connectivity index (χ0v) is 17.5. The SMILES string of the molecule is O=C(NC(Cc1c[nH]c2ccccc12)C(=O)NCCc1ccc(F)cc1)c1cccs1. The molecular formula is C24H22FN3O2S. The summed E-state index contributed by atoms with van der Waals surface area (Å²) < 4.78 is 13.1. The lowest BCUT2D eigenvalue weighted by Gasteiger charge is -2.18. The molecule has 1 unspecified atom stereocenters. The molecule has 0 aliphatic carbocycles. The zero-order chi connectivity index (χ0) is 21.6. The van der Waals surface area contributed by atoms with E-state index in [4.69, 9.17) is 0 Å². The number of rotatable bonds is 8. The van der Waals surface area contributed by atoms with Gasteiger partial charge in [0.25, 0.3) is 5.91 Å². The topological polar surface area (TPSA) is 74.0 Å². The van der Waals surface area contributed by atoms with Gasteiger partial charge in [0, 0.05) is 30.1 Å². The number of thiophene rings is 1. The minimum atomic E-state index is -0.720. The van der Waals surface area contributed by atoms with E-state index in [1.165, 1.54) is 23.5 Å². The van der Waals surface area contributed by atoms with Crippen molar-refractivity contribution in [2.45, 2.75) is 18.9 Å². The largest absolute Gasteiger partial charge is 0.361 e. The molecule has 0 aliphatic heterocycles. The second-order valence-electron chi connectivity index (χ2n) is 7.23. The van der Waals surface area contributed by atoms with Crippen LogP contribution < -0.4 is 10.6 Å². The van der Waals surface area contributed by atoms with Crippen LogP contribution in [0.4, 0.5) is 4.39 Å². The fraction of sp³-hybridized carbons (Fsp3) is 0.167. The Labute approximate surface area is 183 Å². The molecule has 5 nitrogen and oxygen atoms in total. The summed E-state index contributed by atoms with van der Waals surface area (Å²) in [5, 5.41) is 8.63. The predicted octanol–water partition coefficient (Wildman–Crippen LogP) is 4.07. The van der Waals surface area contributed by atoms with Crippen molar-refractivity contribution >= 4 is 34.1 Å². The van der Waals surface area contributed by atoms with E-state index in [0.717, 1.165) is 22.0 Å². The maximum Gasteiger partial charge on any atom is 0.262 e. The lowest BCUT2D eigenvalue weighted by molar-refractivity contribution is -0.122. The molecule has 0 saturated carbocycles. The average Bonchev–Trinajstić information content (AvgIpc) is 3.45. The molecule has 0 aliphatic rings. The second kappa shape index (κ2) is 9.57. The molecule has 2 aromatic heterocycles. The highest BCUT2D eigenvalue weighted by Crippen LogP contribution is 2.19. The summed E-state index contributed by atoms with van der Waals surface area (Å²) in [5.74, 6) is -0.811. The Morgan fingerprint density at radius 2 is 1.84 bits per heavy atom. The molecule has 158 valence electrons. The van der Waals surface area contributed by atoms with Gasteiger partial charge in [0.2, 0.25) is 5.91 Å². The van der Waals surface area contributed by atoms with Crippen LogP contribution in [0.2, 0.25) is 0 Å². The van der Waals surface area contributed by atoms with E-state index in [-0.39, 0.29) is 17.6 Å². The summed E-state index contributed by atoms with van der Waals surface area (Å²) in [7, 11) is 0. The van der Waals surface area contributed by atoms with Gasteiger partial charge in [-0.2, -0.15) is 0 Å². The molecule has 31 heavy (non-hydrogen) atoms. The van der Waals surface area contributed by atoms with Gasteiger partial charge in [0.05, 0.1) is 4.88 Å². The van der Waals surface area contributed by atoms with Crippen LogP contribution in [0, 0.1) is 5.82 Å². The maximum atomic E-state index is 13.1. The lowest BCUT2D eigenvalue weighted by atomic mass is 10.0. The molecule has 2 aromatic carbocycles. The Bertz CT molecular complexity index is 1170. The van der Waals surface area contributed by atoms with Gasteiger partial charge >= 0.3 is 0 Å². The highest BCUT2D eigenvalue weighted by Gasteiger charge is 2.23. The molecule has 0 bridgehead atoms. The van der Waals surface area contributed by atoms with E-state index in [9.17, 15) is 14.0 Å². The number of para-hydroxylation sites is 1. The number of hydrogen-bond acceptors (Lipinski definition) is 3. The van der Waals surface area contributed by atoms with Crippen molar-refractivity contribution in [3.8, 4) is 0 Å². The molecule has 0 fully saturated rings. The van der Waals surface area contributed by atoms with E-state index in [1.807, 2.05) is 35.8 Å². The number of H-pyrrole nitrogens is 1. The third-order valence-corrected chi connectivity index (χ3v) is 5.96. The summed E-state index contributed by atoms with van der Waals surface area (Å²) in [6.45, 7) is 0.393. The first-order chi connectivity index (χ1) is 15.1. The molecule has 2 heterocycles. The third kappa shape index (κ3) is 5.19. The minimum Gasteiger partial charge on any atom is -0.361 e. The fourth-order valence-electron chi connectivity index (χ4n) is 3.47. The maximum absolute atomic E-state index is 13.1. The van der Waals surface area contributed by atoms with Gasteiger partial charge in [-0.3, -0.25) is 9.59 Å². The summed E-state index contributed by atoms with van der Waals surface area (Å²) in [6, 6.07) is 16.9. The number of aromatic nitrogens is 1. The number of carbonyl (C=O) groups excluding carboxylic acids is 2. The van der Waals surface area contributed by atoms with Gasteiger partial charge in [-0.25, -0.2) is 4.39 Å². The Morgan fingerprint density at radius 3 is 2.61 bits per heavy atom. The number of benzene rings is 2. The number of amides is 2. The van der Waals surface area contributed by atoms with Gasteiger partial charge < -0.3 is 15.6 Å². The standard InChI is InChI=1S/C24H22FN3O2S/c25-18-9-7-16(8-10-18)11-12-26-23(29)21(28-24(30)22-6-3-13-31-22)14-17-15-27-20-5-2-1-4-19(17)20/h1-10,13,15,21,27H,11-12,14H2,(H,26,29)(H,28,30). The molecule has 0 spiro atoms. The molecule has 4 rings (SSSR count). The minimum absolute atomic E-state index is 0.253. The van der Waals surface area contributed by atoms with Crippen LogP contribution in [0.3, 0.4) is 0 Å². The number of fused-ring (bicyclic) bond motifs is 1. The summed E-state index contributed by atoms with van der Waals surface area (Å²) >= 11 is 1.33. The van der Waals surface area contributed by atoms with Crippen LogP contribution in [0.1, 0.15) is 20.8 Å². The van der Waals surface area contributed by atoms with Crippen molar-refractivity contribution in [2.24, 2.45) is 0 Å². The van der Waals surface area contributed by atoms with Crippen molar-refractivity contribution in [2.75, 3.05) is 6.54 Å². The predicted molar refractivity (Wildman–Crippen MR) is 121 cm³/mol. The molecule has 2 amide bonds. The van der Waals surface area contributed by atoms with E-state index < -0.39 is 6.04 Å². The summed E-state index contributed by atoms with van der Waals surface area (Å²) in [6.07, 6.45) is 2.81. The average molecular weight is 436 g/mol. The van der Waals surface area contributed by atoms with Crippen LogP contribution in [0.15, 0.2) is 72.2 Å². The Kier molecular flexibility index (Phi) is 6.43. The zero-order valence-electron chi connectivity index (χ0n) is 16.7. The van der Waals surface area contributed by atoms with Crippen molar-refractivity contribution < 1.29 is 14.0 Å². The van der Waals surface area contributed by atoms with Crippen LogP contribution in [-0.2, 0) is 17.6 Å². The van der Waals surface area contributed by atoms with Crippen LogP contribution in [0.25, 0.3) is 10.9 Å². The van der Waals surface area contributed by atoms with Crippen molar-refractivity contribution in [1.82, 2.24) is 15.6 Å². The molecular weight excluding hydrogens is 413 g/mol. The second-order valence-corrected chi connectivity index (χ2v) is 8.18. The van der Waals surface area contributed by atoms with Gasteiger partial charge in [-0.1, -0.05) is 36.4 Å². The summed E-state index contributed by atoms with van der Waals surface area (Å²) in [5.41, 5.74) is 2.87. The van der Waals surface area contributed by atoms with Crippen LogP contribution >= 0.6 is 11.3 Å². The van der Waals surface area contributed by atoms with E-state index >= 15 is 0 Å². The molecule has 4 aromatic rings. The molecule has 3 N–H and O–H groups in total. The first-order valence-corrected chi connectivity index (χ1v) is 10.9. The van der Waals surface area contributed by atoms with E-state index in [2.05, 4.69) is 15.6 Å². The molecule has 1 atom stereocenters. The van der Waals surface area contributed by atoms with Crippen molar-refractivity contribution in [3.05, 3.63) is 94.1 Å². The van der Waals surface area contributed by atoms with Gasteiger partial charge in [-0.05, 0) is 47.2 Å². The van der Waals surface area contributed by atoms with Crippen LogP contribution in [0.5, 0.6) is 0 Å². The quantitative estimate of drug-likeness (QED) is 0.390. The number of halogens is 1. The van der Waals surface area contributed by atoms with Gasteiger partial charge in [0.1, 0.15) is 11.9 Å². The highest BCUT2D eigenvalue weighted by molar-refractivity contribution is 7.12. The number of hydrogen-bond donors (Lipinski definition) is 3. The Balaban J connectivity index is 1.46. The first kappa shape index (κ1) is 20.8. The monoisotopic (exact) mass is 435 g/mol. The van der Waals surface area contributed by atoms with Crippen molar-refractivity contribution in [3.63, 3.8) is 0 Å². The third-order valence-electron chi connectivity index (χ3n) is 5.09. The molecule has 0 radical (unpaired) electrons. The summed E-state index contributed by atoms with van der Waals surface area (Å²) in [4.78, 5) is 29.3. The molecule has 0 saturated heterocycles. The van der Waals surface area contributed by atoms with Crippen molar-refractivity contribution in [1.29, 1.82) is 0 Å². The normalized spacial score (nSPS) is 11.9. The number of aromatic amines is 1. The van der Waals surface area contributed by atoms with Gasteiger partial charge in [-0.15, -0.1) is 11.3 Å². The van der Waals surface area contributed by atoms with E-state index in [0.29, 0.717) is 24.3 Å². The lowest BCUT2D eigenvalue weighted by Crippen LogP contribution is -2.48. The van der Waals surface area contributed by atoms with Crippen LogP contribution in [-0.4, -0.2) is 29.4 Å². The fourth-order valence-corrected chi connectivity index (χ4v) is 4.10. The smallest absolute Gasteiger partial charge is 0.262 e. The number of nitrogens with one attached hydrogen (secondary N) is 3. The van der Waals surface area contributed by atoms with Gasteiger partial charge in [0.15, 0.2) is 0 Å². The number of carbonyl (C=O) groups is 2. The Hall–Kier alpha value is -3.45. The Morgan fingerprint density at radius 1 is 1.03 bits per heavy atom. The van der Waals surface area contributed by atoms with E-state index in [1.54, 1.807) is 24.3 Å².